The van der Waals surface area contributed by atoms with Crippen molar-refractivity contribution in [1.29, 1.82) is 0 Å². The average molecular weight is 397 g/mol. The molecule has 4 nitrogen and oxygen atoms in total. The lowest BCUT2D eigenvalue weighted by molar-refractivity contribution is 0.0131. The van der Waals surface area contributed by atoms with Gasteiger partial charge < -0.3 is 14.4 Å². The van der Waals surface area contributed by atoms with Crippen LogP contribution in [0.2, 0.25) is 0 Å². The number of unbranched alkanes of at least 4 members (excludes halogenated alkanes) is 13. The Morgan fingerprint density at radius 2 is 1.24 bits per heavy atom. The zero-order valence-corrected chi connectivity index (χ0v) is 18.1. The van der Waals surface area contributed by atoms with Crippen molar-refractivity contribution < 1.29 is 18.9 Å². The number of ether oxygens (including phenoxy) is 1. The second kappa shape index (κ2) is 20.8. The van der Waals surface area contributed by atoms with Crippen molar-refractivity contribution in [2.24, 2.45) is 0 Å². The van der Waals surface area contributed by atoms with Gasteiger partial charge in [0.05, 0.1) is 13.2 Å². The van der Waals surface area contributed by atoms with Gasteiger partial charge in [-0.25, -0.2) is 0 Å². The fraction of sp³-hybridized carbons (Fsp3) is 1.00. The van der Waals surface area contributed by atoms with E-state index in [1.165, 1.54) is 83.5 Å². The largest absolute Gasteiger partial charge is 0.388 e. The zero-order valence-electron chi connectivity index (χ0n) is 16.2. The van der Waals surface area contributed by atoms with Crippen LogP contribution in [0.5, 0.6) is 0 Å². The van der Waals surface area contributed by atoms with Crippen LogP contribution in [0.4, 0.5) is 0 Å². The molecule has 0 aliphatic heterocycles. The molecular formula is C19H41O4PS. The van der Waals surface area contributed by atoms with Gasteiger partial charge in [-0.05, 0) is 6.42 Å². The van der Waals surface area contributed by atoms with Crippen LogP contribution in [-0.2, 0) is 13.8 Å². The fourth-order valence-electron chi connectivity index (χ4n) is 2.83. The number of aliphatic hydroxyl groups is 1. The molecule has 0 rings (SSSR count). The summed E-state index contributed by atoms with van der Waals surface area (Å²) < 4.78 is 20.8. The number of rotatable bonds is 20. The first-order valence-corrected chi connectivity index (χ1v) is 12.9. The van der Waals surface area contributed by atoms with E-state index in [9.17, 15) is 9.67 Å². The summed E-state index contributed by atoms with van der Waals surface area (Å²) in [4.78, 5) is 0. The highest BCUT2D eigenvalue weighted by atomic mass is 32.7. The van der Waals surface area contributed by atoms with Gasteiger partial charge in [0.1, 0.15) is 6.10 Å². The topological polar surface area (TPSA) is 55.8 Å². The van der Waals surface area contributed by atoms with E-state index in [0.29, 0.717) is 6.61 Å². The first-order valence-electron chi connectivity index (χ1n) is 10.3. The highest BCUT2D eigenvalue weighted by Gasteiger charge is 2.05. The highest BCUT2D eigenvalue weighted by molar-refractivity contribution is 8.39. The van der Waals surface area contributed by atoms with E-state index < -0.39 is 13.3 Å². The third-order valence-corrected chi connectivity index (χ3v) is 5.15. The van der Waals surface area contributed by atoms with Crippen molar-refractivity contribution in [3.05, 3.63) is 0 Å². The maximum absolute atomic E-state index is 10.6. The van der Waals surface area contributed by atoms with Crippen LogP contribution in [0.25, 0.3) is 0 Å². The second-order valence-electron chi connectivity index (χ2n) is 6.90. The highest BCUT2D eigenvalue weighted by Crippen LogP contribution is 2.26. The Kier molecular flexibility index (Phi) is 21.2. The molecule has 0 saturated carbocycles. The van der Waals surface area contributed by atoms with Gasteiger partial charge in [-0.15, -0.1) is 0 Å². The predicted octanol–water partition coefficient (Wildman–Crippen LogP) is 6.18. The van der Waals surface area contributed by atoms with Gasteiger partial charge in [0, 0.05) is 6.61 Å². The molecule has 0 aromatic carbocycles. The third kappa shape index (κ3) is 22.4. The summed E-state index contributed by atoms with van der Waals surface area (Å²) in [6, 6.07) is 0. The molecule has 0 saturated heterocycles. The fourth-order valence-corrected chi connectivity index (χ4v) is 3.39. The molecule has 0 bridgehead atoms. The van der Waals surface area contributed by atoms with Gasteiger partial charge in [-0.3, -0.25) is 4.57 Å². The molecule has 0 spiro atoms. The van der Waals surface area contributed by atoms with Gasteiger partial charge in [0.25, 0.3) is 0 Å². The van der Waals surface area contributed by atoms with Crippen molar-refractivity contribution in [2.75, 3.05) is 19.8 Å². The summed E-state index contributed by atoms with van der Waals surface area (Å²) in [6.45, 7) is 3.21. The molecule has 0 aromatic rings. The minimum atomic E-state index is -2.26. The molecule has 0 amide bonds. The Hall–Kier alpha value is 0.460. The van der Waals surface area contributed by atoms with Gasteiger partial charge in [-0.1, -0.05) is 103 Å². The molecule has 152 valence electrons. The molecule has 0 aliphatic carbocycles. The number of aliphatic hydroxyl groups excluding tert-OH is 1. The lowest BCUT2D eigenvalue weighted by Crippen LogP contribution is -2.20. The van der Waals surface area contributed by atoms with Crippen LogP contribution in [0, 0.1) is 0 Å². The van der Waals surface area contributed by atoms with E-state index >= 15 is 0 Å². The summed E-state index contributed by atoms with van der Waals surface area (Å²) in [5.74, 6) is 0. The molecular weight excluding hydrogens is 355 g/mol. The van der Waals surface area contributed by atoms with Gasteiger partial charge in [0.2, 0.25) is 7.23 Å². The Balaban J connectivity index is 3.08. The van der Waals surface area contributed by atoms with Gasteiger partial charge >= 0.3 is 0 Å². The van der Waals surface area contributed by atoms with Gasteiger partial charge in [0.15, 0.2) is 0 Å². The van der Waals surface area contributed by atoms with Crippen LogP contribution < -0.4 is 0 Å². The molecule has 0 radical (unpaired) electrons. The molecule has 2 unspecified atom stereocenters. The lowest BCUT2D eigenvalue weighted by atomic mass is 10.0. The maximum atomic E-state index is 10.6. The van der Waals surface area contributed by atoms with Crippen LogP contribution in [0.3, 0.4) is 0 Å². The van der Waals surface area contributed by atoms with Crippen molar-refractivity contribution in [1.82, 2.24) is 0 Å². The van der Waals surface area contributed by atoms with E-state index in [1.54, 1.807) is 0 Å². The van der Waals surface area contributed by atoms with E-state index in [1.807, 2.05) is 0 Å². The van der Waals surface area contributed by atoms with Crippen molar-refractivity contribution >= 4 is 19.5 Å². The Bertz CT molecular complexity index is 293. The number of hydrogen-bond donors (Lipinski definition) is 2. The van der Waals surface area contributed by atoms with E-state index in [-0.39, 0.29) is 13.2 Å². The Morgan fingerprint density at radius 3 is 1.68 bits per heavy atom. The van der Waals surface area contributed by atoms with Crippen LogP contribution >= 0.6 is 19.5 Å². The summed E-state index contributed by atoms with van der Waals surface area (Å²) in [7, 11) is -2.26. The average Bonchev–Trinajstić information content (AvgIpc) is 2.59. The normalized spacial score (nSPS) is 13.9. The maximum Gasteiger partial charge on any atom is 0.243 e. The van der Waals surface area contributed by atoms with Crippen LogP contribution in [0.15, 0.2) is 0 Å². The molecule has 0 aliphatic rings. The summed E-state index contributed by atoms with van der Waals surface area (Å²) >= 11 is 3.65. The lowest BCUT2D eigenvalue weighted by Gasteiger charge is -2.10. The first kappa shape index (κ1) is 25.5. The van der Waals surface area contributed by atoms with Crippen molar-refractivity contribution in [3.8, 4) is 0 Å². The second-order valence-corrected chi connectivity index (χ2v) is 8.82. The minimum Gasteiger partial charge on any atom is -0.388 e. The first-order chi connectivity index (χ1) is 12.2. The van der Waals surface area contributed by atoms with E-state index in [2.05, 4.69) is 19.2 Å². The molecule has 2 atom stereocenters. The van der Waals surface area contributed by atoms with Crippen LogP contribution in [-0.4, -0.2) is 31.0 Å². The van der Waals surface area contributed by atoms with Crippen LogP contribution in [0.1, 0.15) is 96.8 Å². The Morgan fingerprint density at radius 1 is 0.800 bits per heavy atom. The number of hydrogen-bond acceptors (Lipinski definition) is 4. The minimum absolute atomic E-state index is 0.0278. The van der Waals surface area contributed by atoms with Crippen molar-refractivity contribution in [2.45, 2.75) is 103 Å². The monoisotopic (exact) mass is 396 g/mol. The Labute approximate surface area is 161 Å². The standard InChI is InChI=1S/C19H41O4PS/c1-2-3-4-5-6-7-8-9-10-11-12-13-14-15-16-22-17-19(20)18-23-24(21)25/h19-20,24H,2-18H2,1H3,(H,21,25). The molecule has 0 fully saturated rings. The molecule has 25 heavy (non-hydrogen) atoms. The summed E-state index contributed by atoms with van der Waals surface area (Å²) in [6.07, 6.45) is 18.1. The number of thiol groups is 1. The van der Waals surface area contributed by atoms with E-state index in [0.717, 1.165) is 6.42 Å². The van der Waals surface area contributed by atoms with Crippen molar-refractivity contribution in [3.63, 3.8) is 0 Å². The predicted molar refractivity (Wildman–Crippen MR) is 111 cm³/mol. The molecule has 0 aromatic heterocycles. The third-order valence-electron chi connectivity index (χ3n) is 4.35. The molecule has 1 N–H and O–H groups in total. The SMILES string of the molecule is CCCCCCCCCCCCCCCCOCC(O)CO[PH](=O)S. The smallest absolute Gasteiger partial charge is 0.243 e. The summed E-state index contributed by atoms with van der Waals surface area (Å²) in [5.41, 5.74) is 0. The molecule has 0 heterocycles. The van der Waals surface area contributed by atoms with Gasteiger partial charge in [-0.2, -0.15) is 0 Å². The quantitative estimate of drug-likeness (QED) is 0.146. The summed E-state index contributed by atoms with van der Waals surface area (Å²) in [5, 5.41) is 9.51. The zero-order chi connectivity index (χ0) is 18.6. The van der Waals surface area contributed by atoms with E-state index in [4.69, 9.17) is 9.26 Å². The molecule has 6 heteroatoms.